The lowest BCUT2D eigenvalue weighted by Gasteiger charge is -2.30. The molecule has 1 aliphatic heterocycles. The Morgan fingerprint density at radius 2 is 1.64 bits per heavy atom. The Hall–Kier alpha value is -2.64. The first-order chi connectivity index (χ1) is 13.7. The largest absolute Gasteiger partial charge is 0.378 e. The predicted octanol–water partition coefficient (Wildman–Crippen LogP) is 3.27. The molecule has 1 aromatic heterocycles. The van der Waals surface area contributed by atoms with Gasteiger partial charge in [0.2, 0.25) is 5.91 Å². The van der Waals surface area contributed by atoms with Crippen molar-refractivity contribution >= 4 is 17.7 Å². The molecule has 0 aliphatic carbocycles. The van der Waals surface area contributed by atoms with Gasteiger partial charge in [-0.15, -0.1) is 10.2 Å². The molecule has 6 nitrogen and oxygen atoms in total. The standard InChI is InChI=1S/C21H22N4O2S/c1-16-22-23-21(25(16)18-10-6-3-7-11-18)28-19(17-8-4-2-5-9-17)20(26)24-12-14-27-15-13-24/h2-11,19H,12-15H2,1H3/t19-/m1/s1. The summed E-state index contributed by atoms with van der Waals surface area (Å²) in [5.74, 6) is 0.874. The van der Waals surface area contributed by atoms with E-state index in [0.717, 1.165) is 17.1 Å². The number of carbonyl (C=O) groups excluding carboxylic acids is 1. The highest BCUT2D eigenvalue weighted by Gasteiger charge is 2.30. The molecular formula is C21H22N4O2S. The maximum absolute atomic E-state index is 13.3. The molecule has 1 aliphatic rings. The van der Waals surface area contributed by atoms with E-state index in [-0.39, 0.29) is 11.2 Å². The van der Waals surface area contributed by atoms with Crippen LogP contribution in [0.3, 0.4) is 0 Å². The molecule has 1 fully saturated rings. The van der Waals surface area contributed by atoms with Gasteiger partial charge in [0.25, 0.3) is 0 Å². The highest BCUT2D eigenvalue weighted by Crippen LogP contribution is 2.37. The van der Waals surface area contributed by atoms with E-state index < -0.39 is 0 Å². The second-order valence-corrected chi connectivity index (χ2v) is 7.62. The lowest BCUT2D eigenvalue weighted by molar-refractivity contribution is -0.134. The fraction of sp³-hybridized carbons (Fsp3) is 0.286. The minimum absolute atomic E-state index is 0.0831. The van der Waals surface area contributed by atoms with E-state index in [9.17, 15) is 4.79 Å². The Labute approximate surface area is 168 Å². The van der Waals surface area contributed by atoms with E-state index >= 15 is 0 Å². The van der Waals surface area contributed by atoms with Gasteiger partial charge in [-0.1, -0.05) is 60.3 Å². The number of carbonyl (C=O) groups is 1. The van der Waals surface area contributed by atoms with E-state index in [0.29, 0.717) is 31.5 Å². The maximum atomic E-state index is 13.3. The number of nitrogens with zero attached hydrogens (tertiary/aromatic N) is 4. The third-order valence-corrected chi connectivity index (χ3v) is 5.87. The zero-order valence-electron chi connectivity index (χ0n) is 15.7. The van der Waals surface area contributed by atoms with Crippen molar-refractivity contribution in [3.05, 3.63) is 72.1 Å². The second-order valence-electron chi connectivity index (χ2n) is 6.55. The van der Waals surface area contributed by atoms with Crippen LogP contribution in [-0.2, 0) is 9.53 Å². The van der Waals surface area contributed by atoms with Gasteiger partial charge in [0, 0.05) is 18.8 Å². The van der Waals surface area contributed by atoms with Gasteiger partial charge >= 0.3 is 0 Å². The lowest BCUT2D eigenvalue weighted by atomic mass is 10.1. The number of benzene rings is 2. The number of hydrogen-bond donors (Lipinski definition) is 0. The molecule has 0 spiro atoms. The maximum Gasteiger partial charge on any atom is 0.240 e. The summed E-state index contributed by atoms with van der Waals surface area (Å²) in [6, 6.07) is 19.8. The smallest absolute Gasteiger partial charge is 0.240 e. The number of ether oxygens (including phenoxy) is 1. The summed E-state index contributed by atoms with van der Waals surface area (Å²) < 4.78 is 7.40. The molecule has 0 N–H and O–H groups in total. The summed E-state index contributed by atoms with van der Waals surface area (Å²) >= 11 is 1.44. The summed E-state index contributed by atoms with van der Waals surface area (Å²) in [5.41, 5.74) is 1.95. The van der Waals surface area contributed by atoms with Crippen molar-refractivity contribution < 1.29 is 9.53 Å². The van der Waals surface area contributed by atoms with Crippen molar-refractivity contribution in [2.75, 3.05) is 26.3 Å². The molecule has 0 radical (unpaired) electrons. The van der Waals surface area contributed by atoms with Crippen LogP contribution in [0, 0.1) is 6.92 Å². The number of para-hydroxylation sites is 1. The molecule has 1 saturated heterocycles. The Morgan fingerprint density at radius 3 is 2.32 bits per heavy atom. The molecule has 2 aromatic carbocycles. The molecule has 0 unspecified atom stereocenters. The van der Waals surface area contributed by atoms with Gasteiger partial charge in [-0.05, 0) is 24.6 Å². The van der Waals surface area contributed by atoms with Crippen LogP contribution in [0.2, 0.25) is 0 Å². The molecular weight excluding hydrogens is 372 g/mol. The van der Waals surface area contributed by atoms with E-state index in [1.807, 2.05) is 77.1 Å². The van der Waals surface area contributed by atoms with Crippen molar-refractivity contribution in [1.29, 1.82) is 0 Å². The number of morpholine rings is 1. The lowest BCUT2D eigenvalue weighted by Crippen LogP contribution is -2.42. The zero-order valence-corrected chi connectivity index (χ0v) is 16.5. The monoisotopic (exact) mass is 394 g/mol. The Morgan fingerprint density at radius 1 is 1.00 bits per heavy atom. The number of thioether (sulfide) groups is 1. The van der Waals surface area contributed by atoms with Gasteiger partial charge in [0.15, 0.2) is 5.16 Å². The summed E-state index contributed by atoms with van der Waals surface area (Å²) in [7, 11) is 0. The van der Waals surface area contributed by atoms with Crippen molar-refractivity contribution in [3.63, 3.8) is 0 Å². The first-order valence-corrected chi connectivity index (χ1v) is 10.2. The Kier molecular flexibility index (Phi) is 5.73. The minimum Gasteiger partial charge on any atom is -0.378 e. The average Bonchev–Trinajstić information content (AvgIpc) is 3.13. The number of amides is 1. The normalized spacial score (nSPS) is 15.4. The number of aromatic nitrogens is 3. The van der Waals surface area contributed by atoms with E-state index in [1.165, 1.54) is 11.8 Å². The first kappa shape index (κ1) is 18.7. The van der Waals surface area contributed by atoms with Gasteiger partial charge in [0.1, 0.15) is 11.1 Å². The van der Waals surface area contributed by atoms with Crippen LogP contribution in [0.4, 0.5) is 0 Å². The van der Waals surface area contributed by atoms with Crippen LogP contribution in [0.1, 0.15) is 16.6 Å². The van der Waals surface area contributed by atoms with Crippen LogP contribution in [0.5, 0.6) is 0 Å². The van der Waals surface area contributed by atoms with E-state index in [4.69, 9.17) is 4.74 Å². The van der Waals surface area contributed by atoms with Gasteiger partial charge in [-0.2, -0.15) is 0 Å². The predicted molar refractivity (Wildman–Crippen MR) is 109 cm³/mol. The van der Waals surface area contributed by atoms with Gasteiger partial charge in [-0.25, -0.2) is 0 Å². The van der Waals surface area contributed by atoms with Crippen LogP contribution < -0.4 is 0 Å². The second kappa shape index (κ2) is 8.58. The quantitative estimate of drug-likeness (QED) is 0.622. The molecule has 2 heterocycles. The van der Waals surface area contributed by atoms with Gasteiger partial charge in [0.05, 0.1) is 13.2 Å². The number of rotatable bonds is 5. The fourth-order valence-corrected chi connectivity index (χ4v) is 4.42. The highest BCUT2D eigenvalue weighted by molar-refractivity contribution is 8.00. The van der Waals surface area contributed by atoms with Crippen LogP contribution in [0.15, 0.2) is 65.8 Å². The third-order valence-electron chi connectivity index (χ3n) is 4.68. The Balaban J connectivity index is 1.68. The summed E-state index contributed by atoms with van der Waals surface area (Å²) in [4.78, 5) is 15.2. The topological polar surface area (TPSA) is 60.3 Å². The van der Waals surface area contributed by atoms with E-state index in [2.05, 4.69) is 10.2 Å². The molecule has 1 atom stereocenters. The SMILES string of the molecule is Cc1nnc(S[C@@H](C(=O)N2CCOCC2)c2ccccc2)n1-c1ccccc1. The third kappa shape index (κ3) is 3.95. The van der Waals surface area contributed by atoms with Crippen LogP contribution in [0.25, 0.3) is 5.69 Å². The first-order valence-electron chi connectivity index (χ1n) is 9.29. The average molecular weight is 394 g/mol. The molecule has 4 rings (SSSR count). The number of hydrogen-bond acceptors (Lipinski definition) is 5. The minimum atomic E-state index is -0.384. The summed E-state index contributed by atoms with van der Waals surface area (Å²) in [6.07, 6.45) is 0. The Bertz CT molecular complexity index is 924. The van der Waals surface area contributed by atoms with Crippen molar-refractivity contribution in [1.82, 2.24) is 19.7 Å². The molecule has 144 valence electrons. The number of aryl methyl sites for hydroxylation is 1. The van der Waals surface area contributed by atoms with Crippen LogP contribution >= 0.6 is 11.8 Å². The molecule has 1 amide bonds. The van der Waals surface area contributed by atoms with Crippen molar-refractivity contribution in [3.8, 4) is 5.69 Å². The van der Waals surface area contributed by atoms with Crippen molar-refractivity contribution in [2.24, 2.45) is 0 Å². The zero-order chi connectivity index (χ0) is 19.3. The summed E-state index contributed by atoms with van der Waals surface area (Å²) in [6.45, 7) is 4.32. The van der Waals surface area contributed by atoms with Gasteiger partial charge in [-0.3, -0.25) is 9.36 Å². The molecule has 28 heavy (non-hydrogen) atoms. The molecule has 0 saturated carbocycles. The van der Waals surface area contributed by atoms with Gasteiger partial charge < -0.3 is 9.64 Å². The van der Waals surface area contributed by atoms with E-state index in [1.54, 1.807) is 0 Å². The molecule has 3 aromatic rings. The van der Waals surface area contributed by atoms with Crippen molar-refractivity contribution in [2.45, 2.75) is 17.3 Å². The fourth-order valence-electron chi connectivity index (χ4n) is 3.24. The molecule has 7 heteroatoms. The highest BCUT2D eigenvalue weighted by atomic mass is 32.2. The summed E-state index contributed by atoms with van der Waals surface area (Å²) in [5, 5.41) is 8.95. The van der Waals surface area contributed by atoms with Crippen LogP contribution in [-0.4, -0.2) is 51.9 Å². The molecule has 0 bridgehead atoms.